The molecule has 180 valence electrons. The molecular weight excluding hydrogens is 492 g/mol. The second-order valence-electron chi connectivity index (χ2n) is 7.76. The number of halogens is 1. The summed E-state index contributed by atoms with van der Waals surface area (Å²) in [7, 11) is 0. The molecule has 4 N–H and O–H groups in total. The molecule has 0 saturated heterocycles. The topological polar surface area (TPSA) is 109 Å². The number of rotatable bonds is 13. The molecule has 2 aromatic carbocycles. The van der Waals surface area contributed by atoms with Crippen molar-refractivity contribution in [1.82, 2.24) is 5.32 Å². The van der Waals surface area contributed by atoms with Crippen LogP contribution in [-0.2, 0) is 11.2 Å². The summed E-state index contributed by atoms with van der Waals surface area (Å²) in [5, 5.41) is 25.6. The van der Waals surface area contributed by atoms with E-state index in [4.69, 9.17) is 19.3 Å². The number of fused-ring (bicyclic) bond motifs is 1. The van der Waals surface area contributed by atoms with Gasteiger partial charge in [-0.05, 0) is 49.2 Å². The molecule has 1 amide bonds. The molecule has 0 radical (unpaired) electrons. The van der Waals surface area contributed by atoms with Gasteiger partial charge in [-0.3, -0.25) is 10.1 Å². The maximum Gasteiger partial charge on any atom is 0.224 e. The summed E-state index contributed by atoms with van der Waals surface area (Å²) in [4.78, 5) is 11.9. The average molecular weight is 523 g/mol. The summed E-state index contributed by atoms with van der Waals surface area (Å²) in [5.41, 5.74) is 1.39. The molecule has 0 spiro atoms. The van der Waals surface area contributed by atoms with E-state index < -0.39 is 6.10 Å². The van der Waals surface area contributed by atoms with Gasteiger partial charge in [0.25, 0.3) is 0 Å². The highest BCUT2D eigenvalue weighted by atomic mass is 79.9. The van der Waals surface area contributed by atoms with E-state index in [9.17, 15) is 9.90 Å². The Morgan fingerprint density at radius 1 is 1.12 bits per heavy atom. The van der Waals surface area contributed by atoms with Crippen LogP contribution in [-0.4, -0.2) is 54.8 Å². The van der Waals surface area contributed by atoms with Crippen LogP contribution in [0.1, 0.15) is 31.7 Å². The number of carbonyl (C=O) groups is 1. The summed E-state index contributed by atoms with van der Waals surface area (Å²) in [6.45, 7) is 2.48. The number of ether oxygens (including phenoxy) is 3. The molecule has 3 rings (SSSR count). The van der Waals surface area contributed by atoms with Crippen molar-refractivity contribution in [2.75, 3.05) is 31.7 Å². The Labute approximate surface area is 202 Å². The molecule has 1 aliphatic rings. The van der Waals surface area contributed by atoms with E-state index in [-0.39, 0.29) is 32.0 Å². The maximum absolute atomic E-state index is 11.9. The van der Waals surface area contributed by atoms with Gasteiger partial charge in [-0.1, -0.05) is 29.3 Å². The number of carbonyl (C=O) groups excluding carboxylic acids is 1. The van der Waals surface area contributed by atoms with E-state index in [1.54, 1.807) is 12.1 Å². The number of hydrogen-bond acceptors (Lipinski definition) is 7. The van der Waals surface area contributed by atoms with Crippen molar-refractivity contribution < 1.29 is 29.2 Å². The minimum absolute atomic E-state index is 0.0847. The van der Waals surface area contributed by atoms with E-state index >= 15 is 0 Å². The van der Waals surface area contributed by atoms with Gasteiger partial charge >= 0.3 is 0 Å². The average Bonchev–Trinajstić information content (AvgIpc) is 2.81. The van der Waals surface area contributed by atoms with Gasteiger partial charge in [-0.25, -0.2) is 0 Å². The molecule has 0 saturated carbocycles. The molecule has 8 nitrogen and oxygen atoms in total. The van der Waals surface area contributed by atoms with E-state index in [0.717, 1.165) is 28.6 Å². The van der Waals surface area contributed by atoms with Crippen molar-refractivity contribution in [3.05, 3.63) is 46.4 Å². The fourth-order valence-corrected chi connectivity index (χ4v) is 3.76. The predicted octanol–water partition coefficient (Wildman–Crippen LogP) is 3.24. The highest BCUT2D eigenvalue weighted by Gasteiger charge is 2.23. The molecular formula is C24H31BrN2O6. The monoisotopic (exact) mass is 522 g/mol. The van der Waals surface area contributed by atoms with Gasteiger partial charge in [0.2, 0.25) is 5.91 Å². The van der Waals surface area contributed by atoms with Crippen LogP contribution >= 0.6 is 15.9 Å². The molecule has 1 aliphatic heterocycles. The summed E-state index contributed by atoms with van der Waals surface area (Å²) >= 11 is 3.41. The molecule has 0 bridgehead atoms. The zero-order valence-electron chi connectivity index (χ0n) is 18.7. The minimum Gasteiger partial charge on any atom is -0.490 e. The molecule has 0 fully saturated rings. The van der Waals surface area contributed by atoms with Crippen molar-refractivity contribution in [2.24, 2.45) is 0 Å². The molecule has 33 heavy (non-hydrogen) atoms. The third-order valence-corrected chi connectivity index (χ3v) is 5.63. The number of anilines is 1. The Kier molecular flexibility index (Phi) is 9.80. The number of hydrogen-bond donors (Lipinski definition) is 4. The second-order valence-corrected chi connectivity index (χ2v) is 8.67. The van der Waals surface area contributed by atoms with Crippen LogP contribution < -0.4 is 24.8 Å². The van der Waals surface area contributed by atoms with Crippen LogP contribution in [0.3, 0.4) is 0 Å². The second kappa shape index (κ2) is 12.8. The van der Waals surface area contributed by atoms with Crippen LogP contribution in [0.5, 0.6) is 17.2 Å². The van der Waals surface area contributed by atoms with E-state index in [1.807, 2.05) is 24.3 Å². The standard InChI is InChI=1S/C24H31BrN2O6/c1-2-3-23(33-18-6-4-16(25)5-7-18)26-14-17(29)15-32-20-9-10-21(31-13-12-28)24-19(20)8-11-22(30)27-24/h4-7,9-10,17,23,26,28-29H,2-3,8,11-15H2,1H3,(H,27,30). The summed E-state index contributed by atoms with van der Waals surface area (Å²) in [6, 6.07) is 11.1. The molecule has 1 heterocycles. The Morgan fingerprint density at radius 3 is 2.61 bits per heavy atom. The third-order valence-electron chi connectivity index (χ3n) is 5.10. The lowest BCUT2D eigenvalue weighted by Gasteiger charge is -2.24. The van der Waals surface area contributed by atoms with Crippen LogP contribution in [0.4, 0.5) is 5.69 Å². The van der Waals surface area contributed by atoms with Gasteiger partial charge in [0.15, 0.2) is 0 Å². The molecule has 2 atom stereocenters. The van der Waals surface area contributed by atoms with E-state index in [1.165, 1.54) is 0 Å². The molecule has 9 heteroatoms. The Morgan fingerprint density at radius 2 is 1.88 bits per heavy atom. The van der Waals surface area contributed by atoms with Gasteiger partial charge < -0.3 is 29.7 Å². The summed E-state index contributed by atoms with van der Waals surface area (Å²) < 4.78 is 18.4. The van der Waals surface area contributed by atoms with Gasteiger partial charge in [-0.15, -0.1) is 0 Å². The van der Waals surface area contributed by atoms with Crippen LogP contribution in [0.25, 0.3) is 0 Å². The van der Waals surface area contributed by atoms with Gasteiger partial charge in [-0.2, -0.15) is 0 Å². The van der Waals surface area contributed by atoms with Gasteiger partial charge in [0.1, 0.15) is 42.8 Å². The summed E-state index contributed by atoms with van der Waals surface area (Å²) in [5.74, 6) is 1.75. The molecule has 0 aromatic heterocycles. The van der Waals surface area contributed by atoms with Gasteiger partial charge in [0, 0.05) is 23.0 Å². The normalized spacial score (nSPS) is 14.7. The van der Waals surface area contributed by atoms with Crippen molar-refractivity contribution in [2.45, 2.75) is 44.9 Å². The van der Waals surface area contributed by atoms with E-state index in [2.05, 4.69) is 33.5 Å². The maximum atomic E-state index is 11.9. The van der Waals surface area contributed by atoms with E-state index in [0.29, 0.717) is 36.6 Å². The quantitative estimate of drug-likeness (QED) is 0.299. The highest BCUT2D eigenvalue weighted by Crippen LogP contribution is 2.38. The Balaban J connectivity index is 1.56. The first kappa shape index (κ1) is 25.3. The number of nitrogens with one attached hydrogen (secondary N) is 2. The van der Waals surface area contributed by atoms with Crippen LogP contribution in [0.2, 0.25) is 0 Å². The zero-order valence-corrected chi connectivity index (χ0v) is 20.3. The number of aliphatic hydroxyl groups excluding tert-OH is 2. The minimum atomic E-state index is -0.753. The number of amides is 1. The number of aliphatic hydroxyl groups is 2. The largest absolute Gasteiger partial charge is 0.490 e. The van der Waals surface area contributed by atoms with Crippen molar-refractivity contribution in [3.63, 3.8) is 0 Å². The molecule has 2 unspecified atom stereocenters. The fraction of sp³-hybridized carbons (Fsp3) is 0.458. The van der Waals surface area contributed by atoms with Crippen molar-refractivity contribution >= 4 is 27.5 Å². The first-order valence-corrected chi connectivity index (χ1v) is 11.9. The SMILES string of the molecule is CCCC(NCC(O)COc1ccc(OCCO)c2c1CCC(=O)N2)Oc1ccc(Br)cc1. The lowest BCUT2D eigenvalue weighted by Crippen LogP contribution is -2.41. The van der Waals surface area contributed by atoms with Gasteiger partial charge in [0.05, 0.1) is 12.3 Å². The fourth-order valence-electron chi connectivity index (χ4n) is 3.50. The first-order valence-electron chi connectivity index (χ1n) is 11.2. The zero-order chi connectivity index (χ0) is 23.6. The van der Waals surface area contributed by atoms with Crippen LogP contribution in [0.15, 0.2) is 40.9 Å². The molecule has 0 aliphatic carbocycles. The van der Waals surface area contributed by atoms with Crippen LogP contribution in [0, 0.1) is 0 Å². The summed E-state index contributed by atoms with van der Waals surface area (Å²) in [6.07, 6.45) is 1.62. The Bertz CT molecular complexity index is 909. The van der Waals surface area contributed by atoms with Crippen molar-refractivity contribution in [3.8, 4) is 17.2 Å². The Hall–Kier alpha value is -2.33. The third kappa shape index (κ3) is 7.60. The van der Waals surface area contributed by atoms with Crippen molar-refractivity contribution in [1.29, 1.82) is 0 Å². The predicted molar refractivity (Wildman–Crippen MR) is 129 cm³/mol. The number of benzene rings is 2. The molecule has 2 aromatic rings. The lowest BCUT2D eigenvalue weighted by atomic mass is 10.0. The first-order chi connectivity index (χ1) is 16.0. The lowest BCUT2D eigenvalue weighted by molar-refractivity contribution is -0.116. The smallest absolute Gasteiger partial charge is 0.224 e. The highest BCUT2D eigenvalue weighted by molar-refractivity contribution is 9.10.